The average Bonchev–Trinajstić information content (AvgIpc) is 2.14. The summed E-state index contributed by atoms with van der Waals surface area (Å²) in [5.41, 5.74) is 1.44. The Morgan fingerprint density at radius 3 is 2.67 bits per heavy atom. The lowest BCUT2D eigenvalue weighted by Crippen LogP contribution is -2.03. The Hall–Kier alpha value is -1.13. The Labute approximate surface area is 90.2 Å². The van der Waals surface area contributed by atoms with Crippen molar-refractivity contribution >= 4 is 10.1 Å². The molecular weight excluding hydrogens is 212 g/mol. The first kappa shape index (κ1) is 11.9. The first-order valence-electron chi connectivity index (χ1n) is 4.63. The van der Waals surface area contributed by atoms with E-state index in [4.69, 9.17) is 4.55 Å². The molecule has 0 aliphatic heterocycles. The third-order valence-corrected chi connectivity index (χ3v) is 3.05. The van der Waals surface area contributed by atoms with Gasteiger partial charge in [-0.05, 0) is 37.0 Å². The molecule has 0 aliphatic rings. The van der Waals surface area contributed by atoms with Crippen LogP contribution in [-0.4, -0.2) is 13.0 Å². The van der Waals surface area contributed by atoms with Gasteiger partial charge in [-0.15, -0.1) is 6.58 Å². The Morgan fingerprint density at radius 2 is 2.13 bits per heavy atom. The Balaban J connectivity index is 3.21. The predicted octanol–water partition coefficient (Wildman–Crippen LogP) is 2.36. The van der Waals surface area contributed by atoms with E-state index in [2.05, 4.69) is 6.58 Å². The molecule has 0 unspecified atom stereocenters. The van der Waals surface area contributed by atoms with Gasteiger partial charge in [-0.25, -0.2) is 0 Å². The van der Waals surface area contributed by atoms with Crippen molar-refractivity contribution in [1.82, 2.24) is 0 Å². The molecule has 0 saturated heterocycles. The van der Waals surface area contributed by atoms with E-state index in [0.717, 1.165) is 5.56 Å². The Morgan fingerprint density at radius 1 is 1.47 bits per heavy atom. The van der Waals surface area contributed by atoms with Crippen LogP contribution in [0.5, 0.6) is 0 Å². The molecule has 1 N–H and O–H groups in total. The summed E-state index contributed by atoms with van der Waals surface area (Å²) in [7, 11) is -4.12. The van der Waals surface area contributed by atoms with E-state index in [-0.39, 0.29) is 4.90 Å². The predicted molar refractivity (Wildman–Crippen MR) is 59.5 cm³/mol. The van der Waals surface area contributed by atoms with Gasteiger partial charge in [0.25, 0.3) is 10.1 Å². The van der Waals surface area contributed by atoms with Gasteiger partial charge in [0.1, 0.15) is 0 Å². The second-order valence-corrected chi connectivity index (χ2v) is 4.80. The molecule has 1 rings (SSSR count). The second-order valence-electron chi connectivity index (χ2n) is 3.41. The summed E-state index contributed by atoms with van der Waals surface area (Å²) in [6.45, 7) is 5.36. The Kier molecular flexibility index (Phi) is 3.66. The molecule has 0 bridgehead atoms. The molecule has 0 fully saturated rings. The summed E-state index contributed by atoms with van der Waals surface area (Å²) in [5, 5.41) is 0. The van der Waals surface area contributed by atoms with Crippen molar-refractivity contribution < 1.29 is 13.0 Å². The molecule has 82 valence electrons. The number of rotatable bonds is 4. The molecule has 1 aromatic rings. The molecule has 0 spiro atoms. The maximum Gasteiger partial charge on any atom is 0.294 e. The van der Waals surface area contributed by atoms with Crippen molar-refractivity contribution in [2.24, 2.45) is 0 Å². The van der Waals surface area contributed by atoms with Gasteiger partial charge < -0.3 is 0 Å². The van der Waals surface area contributed by atoms with Crippen LogP contribution < -0.4 is 0 Å². The van der Waals surface area contributed by atoms with E-state index in [0.29, 0.717) is 18.4 Å². The van der Waals surface area contributed by atoms with Crippen LogP contribution in [0.15, 0.2) is 35.7 Å². The average molecular weight is 226 g/mol. The zero-order valence-corrected chi connectivity index (χ0v) is 9.42. The third-order valence-electron chi connectivity index (χ3n) is 2.12. The van der Waals surface area contributed by atoms with Crippen molar-refractivity contribution in [2.45, 2.75) is 24.7 Å². The highest BCUT2D eigenvalue weighted by Crippen LogP contribution is 2.18. The summed E-state index contributed by atoms with van der Waals surface area (Å²) in [5.74, 6) is 0. The van der Waals surface area contributed by atoms with Gasteiger partial charge >= 0.3 is 0 Å². The van der Waals surface area contributed by atoms with Gasteiger partial charge in [0.05, 0.1) is 4.90 Å². The van der Waals surface area contributed by atoms with Crippen LogP contribution in [0.3, 0.4) is 0 Å². The van der Waals surface area contributed by atoms with E-state index >= 15 is 0 Å². The maximum absolute atomic E-state index is 11.1. The molecule has 3 nitrogen and oxygen atoms in total. The summed E-state index contributed by atoms with van der Waals surface area (Å²) in [6.07, 6.45) is 2.97. The minimum Gasteiger partial charge on any atom is -0.282 e. The largest absolute Gasteiger partial charge is 0.294 e. The van der Waals surface area contributed by atoms with E-state index in [1.165, 1.54) is 6.07 Å². The van der Waals surface area contributed by atoms with Gasteiger partial charge in [0.15, 0.2) is 0 Å². The smallest absolute Gasteiger partial charge is 0.282 e. The number of hydrogen-bond donors (Lipinski definition) is 1. The van der Waals surface area contributed by atoms with Crippen LogP contribution in [0, 0.1) is 6.92 Å². The first-order valence-corrected chi connectivity index (χ1v) is 6.07. The van der Waals surface area contributed by atoms with Gasteiger partial charge in [-0.3, -0.25) is 4.55 Å². The molecule has 0 saturated carbocycles. The fourth-order valence-electron chi connectivity index (χ4n) is 1.37. The normalized spacial score (nSPS) is 11.3. The highest BCUT2D eigenvalue weighted by Gasteiger charge is 2.14. The van der Waals surface area contributed by atoms with Crippen LogP contribution in [0.2, 0.25) is 0 Å². The van der Waals surface area contributed by atoms with Gasteiger partial charge in [-0.1, -0.05) is 18.2 Å². The van der Waals surface area contributed by atoms with Crippen molar-refractivity contribution in [3.8, 4) is 0 Å². The monoisotopic (exact) mass is 226 g/mol. The van der Waals surface area contributed by atoms with Crippen molar-refractivity contribution in [3.05, 3.63) is 42.0 Å². The maximum atomic E-state index is 11.1. The van der Waals surface area contributed by atoms with E-state index in [1.807, 2.05) is 6.07 Å². The third kappa shape index (κ3) is 3.18. The van der Waals surface area contributed by atoms with E-state index in [9.17, 15) is 8.42 Å². The fourth-order valence-corrected chi connectivity index (χ4v) is 2.20. The fraction of sp³-hybridized carbons (Fsp3) is 0.273. The van der Waals surface area contributed by atoms with Crippen LogP contribution in [0.4, 0.5) is 0 Å². The summed E-state index contributed by atoms with van der Waals surface area (Å²) in [4.78, 5) is 0.00403. The second kappa shape index (κ2) is 4.59. The topological polar surface area (TPSA) is 54.4 Å². The molecule has 0 amide bonds. The van der Waals surface area contributed by atoms with E-state index in [1.54, 1.807) is 19.1 Å². The summed E-state index contributed by atoms with van der Waals surface area (Å²) in [6, 6.07) is 5.03. The number of aryl methyl sites for hydroxylation is 2. The molecule has 4 heteroatoms. The highest BCUT2D eigenvalue weighted by atomic mass is 32.2. The number of allylic oxidation sites excluding steroid dienone is 1. The van der Waals surface area contributed by atoms with Crippen molar-refractivity contribution in [2.75, 3.05) is 0 Å². The Bertz CT molecular complexity index is 461. The molecule has 0 aromatic heterocycles. The lowest BCUT2D eigenvalue weighted by atomic mass is 10.1. The van der Waals surface area contributed by atoms with Gasteiger partial charge in [0, 0.05) is 0 Å². The van der Waals surface area contributed by atoms with Crippen LogP contribution in [-0.2, 0) is 16.5 Å². The van der Waals surface area contributed by atoms with Crippen LogP contribution in [0.25, 0.3) is 0 Å². The molecule has 0 aliphatic carbocycles. The van der Waals surface area contributed by atoms with E-state index < -0.39 is 10.1 Å². The van der Waals surface area contributed by atoms with Crippen LogP contribution in [0.1, 0.15) is 17.5 Å². The van der Waals surface area contributed by atoms with Crippen molar-refractivity contribution in [3.63, 3.8) is 0 Å². The number of benzene rings is 1. The minimum absolute atomic E-state index is 0.00403. The molecular formula is C11H14O3S. The lowest BCUT2D eigenvalue weighted by molar-refractivity contribution is 0.482. The number of hydrogen-bond acceptors (Lipinski definition) is 2. The molecule has 1 aromatic carbocycles. The molecule has 0 atom stereocenters. The summed E-state index contributed by atoms with van der Waals surface area (Å²) < 4.78 is 31.2. The SMILES string of the molecule is C=CCCc1ccc(C)cc1S(=O)(=O)O. The zero-order chi connectivity index (χ0) is 11.5. The highest BCUT2D eigenvalue weighted by molar-refractivity contribution is 7.85. The van der Waals surface area contributed by atoms with Crippen molar-refractivity contribution in [1.29, 1.82) is 0 Å². The minimum atomic E-state index is -4.12. The van der Waals surface area contributed by atoms with Gasteiger partial charge in [-0.2, -0.15) is 8.42 Å². The van der Waals surface area contributed by atoms with Crippen LogP contribution >= 0.6 is 0 Å². The molecule has 15 heavy (non-hydrogen) atoms. The zero-order valence-electron chi connectivity index (χ0n) is 8.60. The lowest BCUT2D eigenvalue weighted by Gasteiger charge is -2.06. The van der Waals surface area contributed by atoms with Gasteiger partial charge in [0.2, 0.25) is 0 Å². The first-order chi connectivity index (χ1) is 6.95. The molecule has 0 radical (unpaired) electrons. The quantitative estimate of drug-likeness (QED) is 0.633. The summed E-state index contributed by atoms with van der Waals surface area (Å²) >= 11 is 0. The standard InChI is InChI=1S/C11H14O3S/c1-3-4-5-10-7-6-9(2)8-11(10)15(12,13)14/h3,6-8H,1,4-5H2,2H3,(H,12,13,14). The molecule has 0 heterocycles.